The molecule has 1 unspecified atom stereocenters. The molecule has 10 heteroatoms. The Morgan fingerprint density at radius 2 is 1.90 bits per heavy atom. The minimum Gasteiger partial charge on any atom is -0.351 e. The molecule has 2 aromatic carbocycles. The first-order valence-electron chi connectivity index (χ1n) is 9.02. The van der Waals surface area contributed by atoms with Crippen molar-refractivity contribution in [2.45, 2.75) is 12.3 Å². The molecule has 2 heterocycles. The molecule has 0 saturated carbocycles. The maximum atomic E-state index is 15.0. The number of amides is 2. The molecule has 1 aromatic heterocycles. The number of primary amides is 1. The zero-order chi connectivity index (χ0) is 22.3. The molecular weight excluding hydrogens is 432 g/mol. The summed E-state index contributed by atoms with van der Waals surface area (Å²) in [5, 5.41) is 1.90. The van der Waals surface area contributed by atoms with Crippen molar-refractivity contribution in [3.05, 3.63) is 81.9 Å². The molecule has 4 rings (SSSR count). The van der Waals surface area contributed by atoms with Gasteiger partial charge < -0.3 is 16.4 Å². The summed E-state index contributed by atoms with van der Waals surface area (Å²) in [6, 6.07) is 8.66. The van der Waals surface area contributed by atoms with Crippen LogP contribution in [-0.2, 0) is 6.18 Å². The number of benzene rings is 2. The molecule has 0 radical (unpaired) electrons. The van der Waals surface area contributed by atoms with Crippen LogP contribution in [0.25, 0.3) is 6.08 Å². The summed E-state index contributed by atoms with van der Waals surface area (Å²) in [6.07, 6.45) is -1.59. The maximum absolute atomic E-state index is 15.0. The fourth-order valence-electron chi connectivity index (χ4n) is 3.39. The molecule has 3 aromatic rings. The Kier molecular flexibility index (Phi) is 5.19. The van der Waals surface area contributed by atoms with Crippen LogP contribution in [0.2, 0.25) is 0 Å². The highest BCUT2D eigenvalue weighted by Gasteiger charge is 2.32. The zero-order valence-corrected chi connectivity index (χ0v) is 16.6. The van der Waals surface area contributed by atoms with Crippen molar-refractivity contribution in [2.75, 3.05) is 9.80 Å². The largest absolute Gasteiger partial charge is 0.416 e. The number of nitrogens with zero attached hydrogens (tertiary/aromatic N) is 2. The lowest BCUT2D eigenvalue weighted by Crippen LogP contribution is -2.33. The summed E-state index contributed by atoms with van der Waals surface area (Å²) >= 11 is 1.53. The molecule has 0 bridgehead atoms. The summed E-state index contributed by atoms with van der Waals surface area (Å²) in [5.41, 5.74) is 11.5. The number of hydrogen-bond donors (Lipinski definition) is 2. The summed E-state index contributed by atoms with van der Waals surface area (Å²) in [6.45, 7) is 0. The zero-order valence-electron chi connectivity index (χ0n) is 15.8. The minimum absolute atomic E-state index is 0.202. The second-order valence-corrected chi connectivity index (χ2v) is 7.71. The average Bonchev–Trinajstić information content (AvgIpc) is 3.19. The van der Waals surface area contributed by atoms with E-state index < -0.39 is 29.8 Å². The molecule has 1 aliphatic heterocycles. The van der Waals surface area contributed by atoms with E-state index in [1.807, 2.05) is 17.5 Å². The van der Waals surface area contributed by atoms with E-state index in [4.69, 9.17) is 11.5 Å². The second kappa shape index (κ2) is 7.71. The molecule has 5 nitrogen and oxygen atoms in total. The lowest BCUT2D eigenvalue weighted by Gasteiger charge is -2.31. The van der Waals surface area contributed by atoms with Crippen LogP contribution in [-0.4, -0.2) is 6.03 Å². The maximum Gasteiger partial charge on any atom is 0.416 e. The van der Waals surface area contributed by atoms with Crippen molar-refractivity contribution < 1.29 is 22.4 Å². The van der Waals surface area contributed by atoms with Gasteiger partial charge >= 0.3 is 12.2 Å². The number of carbonyl (C=O) groups excluding carboxylic acids is 1. The standard InChI is InChI=1S/C21H16F4N4OS/c22-16-11-13(28-8-6-18-15(19(28)26)7-9-31-18)4-5-17(16)29(20(27)30)14-3-1-2-12(10-14)21(23,24)25/h1-11,19H,26H2,(H2,27,30). The number of urea groups is 1. The Morgan fingerprint density at radius 3 is 2.58 bits per heavy atom. The lowest BCUT2D eigenvalue weighted by molar-refractivity contribution is -0.137. The third-order valence-electron chi connectivity index (χ3n) is 4.85. The Bertz CT molecular complexity index is 1170. The van der Waals surface area contributed by atoms with Crippen LogP contribution >= 0.6 is 11.3 Å². The summed E-state index contributed by atoms with van der Waals surface area (Å²) in [5.74, 6) is -0.842. The van der Waals surface area contributed by atoms with Gasteiger partial charge in [-0.05, 0) is 53.9 Å². The van der Waals surface area contributed by atoms with E-state index >= 15 is 4.39 Å². The van der Waals surface area contributed by atoms with Gasteiger partial charge in [0, 0.05) is 22.3 Å². The minimum atomic E-state index is -4.63. The monoisotopic (exact) mass is 448 g/mol. The normalized spacial score (nSPS) is 15.6. The van der Waals surface area contributed by atoms with Crippen LogP contribution < -0.4 is 21.3 Å². The second-order valence-electron chi connectivity index (χ2n) is 6.77. The number of hydrogen-bond acceptors (Lipinski definition) is 4. The van der Waals surface area contributed by atoms with Crippen molar-refractivity contribution in [3.8, 4) is 0 Å². The van der Waals surface area contributed by atoms with Crippen LogP contribution in [0.1, 0.15) is 22.2 Å². The summed E-state index contributed by atoms with van der Waals surface area (Å²) < 4.78 is 54.2. The molecule has 0 aliphatic carbocycles. The van der Waals surface area contributed by atoms with Gasteiger partial charge in [-0.1, -0.05) is 6.07 Å². The van der Waals surface area contributed by atoms with Gasteiger partial charge in [0.05, 0.1) is 16.9 Å². The number of carbonyl (C=O) groups is 1. The van der Waals surface area contributed by atoms with E-state index in [0.717, 1.165) is 34.7 Å². The van der Waals surface area contributed by atoms with Gasteiger partial charge in [0.1, 0.15) is 12.0 Å². The number of nitrogens with two attached hydrogens (primary N) is 2. The molecule has 4 N–H and O–H groups in total. The lowest BCUT2D eigenvalue weighted by atomic mass is 10.1. The van der Waals surface area contributed by atoms with Crippen LogP contribution in [0.3, 0.4) is 0 Å². The smallest absolute Gasteiger partial charge is 0.351 e. The number of anilines is 3. The molecule has 0 spiro atoms. The molecule has 1 atom stereocenters. The van der Waals surface area contributed by atoms with E-state index in [1.54, 1.807) is 11.1 Å². The van der Waals surface area contributed by atoms with Crippen molar-refractivity contribution in [2.24, 2.45) is 11.5 Å². The van der Waals surface area contributed by atoms with E-state index in [0.29, 0.717) is 10.6 Å². The third kappa shape index (κ3) is 3.87. The topological polar surface area (TPSA) is 75.6 Å². The van der Waals surface area contributed by atoms with Crippen LogP contribution in [0.5, 0.6) is 0 Å². The predicted molar refractivity (Wildman–Crippen MR) is 112 cm³/mol. The van der Waals surface area contributed by atoms with E-state index in [9.17, 15) is 18.0 Å². The van der Waals surface area contributed by atoms with E-state index in [2.05, 4.69) is 0 Å². The first-order chi connectivity index (χ1) is 14.7. The molecule has 2 amide bonds. The highest BCUT2D eigenvalue weighted by molar-refractivity contribution is 7.11. The third-order valence-corrected chi connectivity index (χ3v) is 5.75. The van der Waals surface area contributed by atoms with Crippen LogP contribution in [0, 0.1) is 5.82 Å². The Balaban J connectivity index is 1.70. The Hall–Kier alpha value is -3.37. The van der Waals surface area contributed by atoms with Gasteiger partial charge in [-0.2, -0.15) is 13.2 Å². The molecule has 0 fully saturated rings. The van der Waals surface area contributed by atoms with Crippen molar-refractivity contribution in [3.63, 3.8) is 0 Å². The predicted octanol–water partition coefficient (Wildman–Crippen LogP) is 5.57. The number of thiophene rings is 1. The molecule has 0 saturated heterocycles. The first-order valence-corrected chi connectivity index (χ1v) is 9.90. The quantitative estimate of drug-likeness (QED) is 0.515. The van der Waals surface area contributed by atoms with Crippen LogP contribution in [0.4, 0.5) is 39.4 Å². The molecule has 1 aliphatic rings. The van der Waals surface area contributed by atoms with Gasteiger partial charge in [-0.25, -0.2) is 9.18 Å². The van der Waals surface area contributed by atoms with Crippen molar-refractivity contribution in [1.82, 2.24) is 0 Å². The number of alkyl halides is 3. The number of halogens is 4. The Morgan fingerprint density at radius 1 is 1.13 bits per heavy atom. The average molecular weight is 448 g/mol. The van der Waals surface area contributed by atoms with Gasteiger partial charge in [-0.3, -0.25) is 4.90 Å². The molecular formula is C21H16F4N4OS. The van der Waals surface area contributed by atoms with E-state index in [1.165, 1.54) is 29.5 Å². The van der Waals surface area contributed by atoms with Gasteiger partial charge in [-0.15, -0.1) is 11.3 Å². The van der Waals surface area contributed by atoms with E-state index in [-0.39, 0.29) is 11.4 Å². The molecule has 160 valence electrons. The molecule has 31 heavy (non-hydrogen) atoms. The van der Waals surface area contributed by atoms with Crippen molar-refractivity contribution >= 4 is 40.5 Å². The highest BCUT2D eigenvalue weighted by Crippen LogP contribution is 2.38. The highest BCUT2D eigenvalue weighted by atomic mass is 32.1. The fourth-order valence-corrected chi connectivity index (χ4v) is 4.22. The van der Waals surface area contributed by atoms with Crippen molar-refractivity contribution in [1.29, 1.82) is 0 Å². The Labute approximate surface area is 178 Å². The summed E-state index contributed by atoms with van der Waals surface area (Å²) in [7, 11) is 0. The van der Waals surface area contributed by atoms with Crippen LogP contribution in [0.15, 0.2) is 60.1 Å². The first kappa shape index (κ1) is 20.9. The van der Waals surface area contributed by atoms with Gasteiger partial charge in [0.15, 0.2) is 0 Å². The summed E-state index contributed by atoms with van der Waals surface area (Å²) in [4.78, 5) is 15.4. The number of fused-ring (bicyclic) bond motifs is 1. The number of rotatable bonds is 3. The van der Waals surface area contributed by atoms with Gasteiger partial charge in [0.2, 0.25) is 0 Å². The van der Waals surface area contributed by atoms with Gasteiger partial charge in [0.25, 0.3) is 0 Å². The fraction of sp³-hybridized carbons (Fsp3) is 0.0952. The SMILES string of the molecule is NC(=O)N(c1cccc(C(F)(F)F)c1)c1ccc(N2C=Cc3sccc3C2N)cc1F.